The molecule has 2 heterocycles. The zero-order valence-electron chi connectivity index (χ0n) is 14.0. The summed E-state index contributed by atoms with van der Waals surface area (Å²) >= 11 is 6.18. The fourth-order valence-electron chi connectivity index (χ4n) is 3.46. The average molecular weight is 370 g/mol. The third kappa shape index (κ3) is 2.43. The molecular formula is C20H16ClNO4. The summed E-state index contributed by atoms with van der Waals surface area (Å²) in [6.07, 6.45) is 0. The zero-order chi connectivity index (χ0) is 18.4. The van der Waals surface area contributed by atoms with Crippen LogP contribution in [0.3, 0.4) is 0 Å². The van der Waals surface area contributed by atoms with Gasteiger partial charge in [-0.1, -0.05) is 41.9 Å². The molecule has 5 nitrogen and oxygen atoms in total. The molecule has 26 heavy (non-hydrogen) atoms. The lowest BCUT2D eigenvalue weighted by Crippen LogP contribution is -2.32. The number of halogens is 1. The second-order valence-electron chi connectivity index (χ2n) is 6.31. The van der Waals surface area contributed by atoms with Crippen LogP contribution in [0, 0.1) is 6.92 Å². The standard InChI is InChI=1S/C20H16ClNO4/c1-11-9-15-13(10-14(11)21)18(24)16-17(12-5-3-2-4-6-12)22(7-8-23)20(25)19(16)26-15/h2-6,9-10,17,23H,7-8H2,1H3. The van der Waals surface area contributed by atoms with Gasteiger partial charge >= 0.3 is 0 Å². The Balaban J connectivity index is 2.04. The summed E-state index contributed by atoms with van der Waals surface area (Å²) < 4.78 is 5.83. The highest BCUT2D eigenvalue weighted by Gasteiger charge is 2.42. The van der Waals surface area contributed by atoms with Crippen molar-refractivity contribution >= 4 is 28.5 Å². The zero-order valence-corrected chi connectivity index (χ0v) is 14.8. The first-order valence-electron chi connectivity index (χ1n) is 8.26. The van der Waals surface area contributed by atoms with Gasteiger partial charge in [-0.05, 0) is 30.2 Å². The molecule has 0 spiro atoms. The lowest BCUT2D eigenvalue weighted by Gasteiger charge is -2.24. The van der Waals surface area contributed by atoms with Crippen molar-refractivity contribution in [2.75, 3.05) is 13.2 Å². The van der Waals surface area contributed by atoms with Crippen LogP contribution < -0.4 is 5.43 Å². The molecule has 132 valence electrons. The van der Waals surface area contributed by atoms with E-state index in [-0.39, 0.29) is 24.3 Å². The van der Waals surface area contributed by atoms with Crippen molar-refractivity contribution in [3.63, 3.8) is 0 Å². The van der Waals surface area contributed by atoms with E-state index in [2.05, 4.69) is 0 Å². The number of amides is 1. The predicted octanol–water partition coefficient (Wildman–Crippen LogP) is 3.29. The van der Waals surface area contributed by atoms with Gasteiger partial charge in [-0.3, -0.25) is 9.59 Å². The first-order valence-corrected chi connectivity index (χ1v) is 8.64. The van der Waals surface area contributed by atoms with Gasteiger partial charge in [-0.15, -0.1) is 0 Å². The second kappa shape index (κ2) is 6.27. The van der Waals surface area contributed by atoms with E-state index in [1.165, 1.54) is 4.90 Å². The van der Waals surface area contributed by atoms with Crippen LogP contribution in [-0.2, 0) is 0 Å². The number of benzene rings is 2. The number of carbonyl (C=O) groups excluding carboxylic acids is 1. The van der Waals surface area contributed by atoms with Crippen molar-refractivity contribution in [2.45, 2.75) is 13.0 Å². The Hall–Kier alpha value is -2.63. The monoisotopic (exact) mass is 369 g/mol. The molecule has 0 fully saturated rings. The molecule has 1 aliphatic heterocycles. The molecular weight excluding hydrogens is 354 g/mol. The van der Waals surface area contributed by atoms with Crippen LogP contribution >= 0.6 is 11.6 Å². The molecule has 1 unspecified atom stereocenters. The molecule has 1 aliphatic rings. The minimum Gasteiger partial charge on any atom is -0.450 e. The van der Waals surface area contributed by atoms with Crippen molar-refractivity contribution in [3.05, 3.63) is 80.2 Å². The Bertz CT molecular complexity index is 1070. The van der Waals surface area contributed by atoms with E-state index >= 15 is 0 Å². The lowest BCUT2D eigenvalue weighted by atomic mass is 9.98. The Kier molecular flexibility index (Phi) is 4.05. The average Bonchev–Trinajstić information content (AvgIpc) is 2.91. The van der Waals surface area contributed by atoms with Crippen LogP contribution in [0.2, 0.25) is 5.02 Å². The van der Waals surface area contributed by atoms with Crippen LogP contribution in [0.5, 0.6) is 0 Å². The van der Waals surface area contributed by atoms with Crippen molar-refractivity contribution in [1.29, 1.82) is 0 Å². The number of aryl methyl sites for hydroxylation is 1. The molecule has 0 saturated heterocycles. The lowest BCUT2D eigenvalue weighted by molar-refractivity contribution is 0.0691. The summed E-state index contributed by atoms with van der Waals surface area (Å²) in [6, 6.07) is 11.9. The molecule has 1 N–H and O–H groups in total. The highest BCUT2D eigenvalue weighted by atomic mass is 35.5. The number of hydrogen-bond acceptors (Lipinski definition) is 4. The van der Waals surface area contributed by atoms with E-state index in [1.54, 1.807) is 12.1 Å². The van der Waals surface area contributed by atoms with E-state index in [0.29, 0.717) is 21.6 Å². The van der Waals surface area contributed by atoms with Gasteiger partial charge in [0.15, 0.2) is 5.43 Å². The smallest absolute Gasteiger partial charge is 0.290 e. The first-order chi connectivity index (χ1) is 12.5. The summed E-state index contributed by atoms with van der Waals surface area (Å²) in [6.45, 7) is 1.71. The molecule has 1 atom stereocenters. The van der Waals surface area contributed by atoms with Gasteiger partial charge in [0.25, 0.3) is 5.91 Å². The third-order valence-electron chi connectivity index (χ3n) is 4.70. The summed E-state index contributed by atoms with van der Waals surface area (Å²) in [4.78, 5) is 27.5. The molecule has 3 aromatic rings. The number of β-amino-alcohol motifs (C(OH)–C–C–N with tert-alkyl or cyclic N) is 1. The van der Waals surface area contributed by atoms with Crippen LogP contribution in [0.25, 0.3) is 11.0 Å². The van der Waals surface area contributed by atoms with Gasteiger partial charge in [0, 0.05) is 11.6 Å². The van der Waals surface area contributed by atoms with Crippen LogP contribution in [0.4, 0.5) is 0 Å². The third-order valence-corrected chi connectivity index (χ3v) is 5.11. The Labute approximate surface area is 154 Å². The number of hydrogen-bond donors (Lipinski definition) is 1. The SMILES string of the molecule is Cc1cc2oc3c(c(=O)c2cc1Cl)C(c1ccccc1)N(CCO)C3=O. The first kappa shape index (κ1) is 16.8. The predicted molar refractivity (Wildman–Crippen MR) is 98.6 cm³/mol. The summed E-state index contributed by atoms with van der Waals surface area (Å²) in [5.41, 5.74) is 1.91. The van der Waals surface area contributed by atoms with Crippen LogP contribution in [-0.4, -0.2) is 29.1 Å². The number of carbonyl (C=O) groups is 1. The van der Waals surface area contributed by atoms with Gasteiger partial charge in [0.1, 0.15) is 5.58 Å². The Morgan fingerprint density at radius 3 is 2.62 bits per heavy atom. The van der Waals surface area contributed by atoms with E-state index in [9.17, 15) is 14.7 Å². The summed E-state index contributed by atoms with van der Waals surface area (Å²) in [7, 11) is 0. The van der Waals surface area contributed by atoms with E-state index in [0.717, 1.165) is 11.1 Å². The quantitative estimate of drug-likeness (QED) is 0.769. The highest BCUT2D eigenvalue weighted by Crippen LogP contribution is 2.38. The number of fused-ring (bicyclic) bond motifs is 2. The van der Waals surface area contributed by atoms with Crippen molar-refractivity contribution in [1.82, 2.24) is 4.90 Å². The maximum absolute atomic E-state index is 13.2. The Morgan fingerprint density at radius 1 is 1.19 bits per heavy atom. The van der Waals surface area contributed by atoms with E-state index < -0.39 is 11.9 Å². The molecule has 1 amide bonds. The highest BCUT2D eigenvalue weighted by molar-refractivity contribution is 6.32. The number of nitrogens with zero attached hydrogens (tertiary/aromatic N) is 1. The molecule has 0 bridgehead atoms. The van der Waals surface area contributed by atoms with Gasteiger partial charge in [0.2, 0.25) is 5.76 Å². The molecule has 0 aliphatic carbocycles. The maximum Gasteiger partial charge on any atom is 0.290 e. The van der Waals surface area contributed by atoms with Gasteiger partial charge in [-0.25, -0.2) is 0 Å². The largest absolute Gasteiger partial charge is 0.450 e. The van der Waals surface area contributed by atoms with Crippen LogP contribution in [0.1, 0.15) is 33.3 Å². The van der Waals surface area contributed by atoms with Gasteiger partial charge < -0.3 is 14.4 Å². The molecule has 0 radical (unpaired) electrons. The Morgan fingerprint density at radius 2 is 1.92 bits per heavy atom. The topological polar surface area (TPSA) is 70.8 Å². The minimum atomic E-state index is -0.591. The fraction of sp³-hybridized carbons (Fsp3) is 0.200. The number of rotatable bonds is 3. The molecule has 4 rings (SSSR count). The number of aliphatic hydroxyl groups excluding tert-OH is 1. The minimum absolute atomic E-state index is 0.0338. The maximum atomic E-state index is 13.2. The fourth-order valence-corrected chi connectivity index (χ4v) is 3.62. The van der Waals surface area contributed by atoms with Crippen molar-refractivity contribution < 1.29 is 14.3 Å². The number of aliphatic hydroxyl groups is 1. The van der Waals surface area contributed by atoms with Crippen molar-refractivity contribution in [3.8, 4) is 0 Å². The molecule has 1 aromatic heterocycles. The van der Waals surface area contributed by atoms with Gasteiger partial charge in [-0.2, -0.15) is 0 Å². The van der Waals surface area contributed by atoms with E-state index in [1.807, 2.05) is 37.3 Å². The molecule has 0 saturated carbocycles. The van der Waals surface area contributed by atoms with Gasteiger partial charge in [0.05, 0.1) is 23.6 Å². The van der Waals surface area contributed by atoms with Crippen molar-refractivity contribution in [2.24, 2.45) is 0 Å². The van der Waals surface area contributed by atoms with Crippen LogP contribution in [0.15, 0.2) is 51.7 Å². The molecule has 2 aromatic carbocycles. The van der Waals surface area contributed by atoms with E-state index in [4.69, 9.17) is 16.0 Å². The summed E-state index contributed by atoms with van der Waals surface area (Å²) in [5, 5.41) is 10.2. The summed E-state index contributed by atoms with van der Waals surface area (Å²) in [5.74, 6) is -0.360. The second-order valence-corrected chi connectivity index (χ2v) is 6.71. The molecule has 6 heteroatoms. The normalized spacial score (nSPS) is 16.3.